The van der Waals surface area contributed by atoms with Crippen LogP contribution < -0.4 is 16.0 Å². The topological polar surface area (TPSA) is 334 Å². The van der Waals surface area contributed by atoms with E-state index in [1.54, 1.807) is 6.92 Å². The molecule has 4 heterocycles. The fourth-order valence-corrected chi connectivity index (χ4v) is 7.14. The minimum Gasteiger partial charge on any atom is -0.394 e. The number of aliphatic hydroxyl groups is 9. The maximum Gasteiger partial charge on any atom is 0.217 e. The first-order valence-electron chi connectivity index (χ1n) is 17.8. The highest BCUT2D eigenvalue weighted by Crippen LogP contribution is 2.35. The van der Waals surface area contributed by atoms with Gasteiger partial charge in [-0.25, -0.2) is 0 Å². The molecular formula is C32H55N3O19. The van der Waals surface area contributed by atoms with Gasteiger partial charge in [0.1, 0.15) is 79.2 Å². The predicted molar refractivity (Wildman–Crippen MR) is 175 cm³/mol. The molecule has 3 amide bonds. The Labute approximate surface area is 310 Å². The van der Waals surface area contributed by atoms with E-state index < -0.39 is 160 Å². The van der Waals surface area contributed by atoms with Crippen LogP contribution in [0.4, 0.5) is 0 Å². The lowest BCUT2D eigenvalue weighted by Gasteiger charge is -2.50. The molecule has 4 fully saturated rings. The summed E-state index contributed by atoms with van der Waals surface area (Å²) in [6.07, 6.45) is -23.5. The number of nitrogens with one attached hydrogen (secondary N) is 3. The van der Waals surface area contributed by atoms with Crippen molar-refractivity contribution >= 4 is 17.7 Å². The van der Waals surface area contributed by atoms with E-state index >= 15 is 0 Å². The molecular weight excluding hydrogens is 730 g/mol. The zero-order valence-electron chi connectivity index (χ0n) is 30.5. The lowest BCUT2D eigenvalue weighted by molar-refractivity contribution is -0.363. The van der Waals surface area contributed by atoms with E-state index in [1.807, 2.05) is 0 Å². The number of hydrogen-bond acceptors (Lipinski definition) is 19. The summed E-state index contributed by atoms with van der Waals surface area (Å²) in [5.41, 5.74) is 0. The van der Waals surface area contributed by atoms with Gasteiger partial charge in [0.15, 0.2) is 25.2 Å². The zero-order valence-corrected chi connectivity index (χ0v) is 30.5. The number of ether oxygens (including phenoxy) is 7. The molecule has 4 saturated heterocycles. The Hall–Kier alpha value is -2.23. The third-order valence-corrected chi connectivity index (χ3v) is 9.97. The summed E-state index contributed by atoms with van der Waals surface area (Å²) >= 11 is 0. The molecule has 0 aliphatic carbocycles. The first kappa shape index (κ1) is 44.5. The van der Waals surface area contributed by atoms with Crippen molar-refractivity contribution < 1.29 is 93.5 Å². The summed E-state index contributed by atoms with van der Waals surface area (Å²) in [4.78, 5) is 36.5. The summed E-state index contributed by atoms with van der Waals surface area (Å²) in [7, 11) is 0. The second-order valence-corrected chi connectivity index (χ2v) is 13.9. The van der Waals surface area contributed by atoms with Crippen molar-refractivity contribution in [1.82, 2.24) is 16.0 Å². The first-order valence-corrected chi connectivity index (χ1v) is 17.8. The second kappa shape index (κ2) is 19.3. The van der Waals surface area contributed by atoms with Crippen molar-refractivity contribution in [1.29, 1.82) is 0 Å². The van der Waals surface area contributed by atoms with E-state index in [0.29, 0.717) is 0 Å². The molecule has 0 aromatic carbocycles. The van der Waals surface area contributed by atoms with Crippen molar-refractivity contribution in [3.63, 3.8) is 0 Å². The van der Waals surface area contributed by atoms with Crippen LogP contribution in [-0.2, 0) is 47.5 Å². The van der Waals surface area contributed by atoms with Gasteiger partial charge in [-0.2, -0.15) is 0 Å². The van der Waals surface area contributed by atoms with Crippen LogP contribution in [-0.4, -0.2) is 200 Å². The molecule has 4 aliphatic rings. The molecule has 0 bridgehead atoms. The number of carbonyl (C=O) groups excluding carboxylic acids is 3. The average molecular weight is 786 g/mol. The lowest BCUT2D eigenvalue weighted by Crippen LogP contribution is -2.71. The Balaban J connectivity index is 1.59. The van der Waals surface area contributed by atoms with E-state index in [1.165, 1.54) is 6.92 Å². The molecule has 0 aromatic rings. The van der Waals surface area contributed by atoms with Crippen LogP contribution in [0.3, 0.4) is 0 Å². The molecule has 4 rings (SSSR count). The van der Waals surface area contributed by atoms with Crippen LogP contribution in [0.25, 0.3) is 0 Å². The van der Waals surface area contributed by atoms with Gasteiger partial charge in [0, 0.05) is 26.7 Å². The number of carbonyl (C=O) groups is 3. The summed E-state index contributed by atoms with van der Waals surface area (Å²) in [5, 5.41) is 103. The van der Waals surface area contributed by atoms with Crippen molar-refractivity contribution in [3.05, 3.63) is 0 Å². The summed E-state index contributed by atoms with van der Waals surface area (Å²) in [6, 6.07) is -4.30. The van der Waals surface area contributed by atoms with Crippen LogP contribution in [0.15, 0.2) is 0 Å². The van der Waals surface area contributed by atoms with Crippen LogP contribution in [0.5, 0.6) is 0 Å². The fourth-order valence-electron chi connectivity index (χ4n) is 7.14. The average Bonchev–Trinajstić information content (AvgIpc) is 3.12. The van der Waals surface area contributed by atoms with E-state index in [0.717, 1.165) is 20.8 Å². The molecule has 0 aromatic heterocycles. The van der Waals surface area contributed by atoms with Crippen molar-refractivity contribution in [2.75, 3.05) is 19.8 Å². The number of hydrogen-bond donors (Lipinski definition) is 12. The van der Waals surface area contributed by atoms with Crippen LogP contribution in [0, 0.1) is 5.92 Å². The van der Waals surface area contributed by atoms with Gasteiger partial charge in [-0.15, -0.1) is 0 Å². The SMILES string of the molecule is CC[C@@H]1OC(O)C(NC(C)=O)C(O)[C@@H]1O[C@@H]1OC(CO)[C@@H](OC2O[C@@H](CO)[C@@H](O[C@@H]3OC(CO)[C@@H](O)[C@H](O)C3C)C(O)C2NC(C)=O)[C@H](O)C1NC(C)=O. The molecule has 312 valence electrons. The molecule has 4 aliphatic heterocycles. The first-order chi connectivity index (χ1) is 25.5. The van der Waals surface area contributed by atoms with Gasteiger partial charge < -0.3 is 95.1 Å². The molecule has 12 N–H and O–H groups in total. The van der Waals surface area contributed by atoms with Gasteiger partial charge in [-0.1, -0.05) is 13.8 Å². The number of amides is 3. The molecule has 54 heavy (non-hydrogen) atoms. The number of rotatable bonds is 13. The standard InChI is InChI=1S/C32H55N3O19/c1-6-14-26(23(44)18(29(47)48-14)33-11(3)39)53-31-20(35-13(5)41)25(46)28(17(9-38)51-31)54-32-19(34-12(4)40)24(45)27(16(8-37)50-32)52-30-10(2)21(42)22(43)15(7-36)49-30/h10,14-32,36-38,42-47H,6-9H2,1-5H3,(H,33,39)(H,34,40)(H,35,41)/t10?,14-,15?,16-,17?,18?,19?,20?,21+,22+,23?,24?,25+,26+,27+,28+,29?,30-,31-,32?/m0/s1. The number of aliphatic hydroxyl groups excluding tert-OH is 9. The maximum absolute atomic E-state index is 12.4. The third-order valence-electron chi connectivity index (χ3n) is 9.97. The van der Waals surface area contributed by atoms with Gasteiger partial charge in [0.05, 0.1) is 32.0 Å². The minimum atomic E-state index is -1.79. The van der Waals surface area contributed by atoms with Crippen molar-refractivity contribution in [3.8, 4) is 0 Å². The maximum atomic E-state index is 12.4. The zero-order chi connectivity index (χ0) is 40.2. The quantitative estimate of drug-likeness (QED) is 0.0826. The Kier molecular flexibility index (Phi) is 15.9. The monoisotopic (exact) mass is 785 g/mol. The van der Waals surface area contributed by atoms with Gasteiger partial charge in [0.25, 0.3) is 0 Å². The molecule has 0 radical (unpaired) electrons. The molecule has 22 nitrogen and oxygen atoms in total. The fraction of sp³-hybridized carbons (Fsp3) is 0.906. The van der Waals surface area contributed by atoms with Gasteiger partial charge >= 0.3 is 0 Å². The molecule has 10 unspecified atom stereocenters. The second-order valence-electron chi connectivity index (χ2n) is 13.9. The highest BCUT2D eigenvalue weighted by Gasteiger charge is 2.55. The predicted octanol–water partition coefficient (Wildman–Crippen LogP) is -6.62. The van der Waals surface area contributed by atoms with E-state index in [2.05, 4.69) is 16.0 Å². The van der Waals surface area contributed by atoms with E-state index in [9.17, 15) is 60.3 Å². The Morgan fingerprint density at radius 2 is 0.889 bits per heavy atom. The normalized spacial score (nSPS) is 45.7. The highest BCUT2D eigenvalue weighted by atomic mass is 16.8. The summed E-state index contributed by atoms with van der Waals surface area (Å²) in [6.45, 7) is 4.24. The van der Waals surface area contributed by atoms with Crippen molar-refractivity contribution in [2.24, 2.45) is 5.92 Å². The summed E-state index contributed by atoms with van der Waals surface area (Å²) < 4.78 is 41.2. The Bertz CT molecular complexity index is 1250. The van der Waals surface area contributed by atoms with Crippen LogP contribution in [0.2, 0.25) is 0 Å². The van der Waals surface area contributed by atoms with Gasteiger partial charge in [-0.05, 0) is 6.42 Å². The highest BCUT2D eigenvalue weighted by molar-refractivity contribution is 5.74. The largest absolute Gasteiger partial charge is 0.394 e. The molecule has 0 spiro atoms. The van der Waals surface area contributed by atoms with E-state index in [-0.39, 0.29) is 6.42 Å². The lowest BCUT2D eigenvalue weighted by atomic mass is 9.91. The van der Waals surface area contributed by atoms with E-state index in [4.69, 9.17) is 33.2 Å². The summed E-state index contributed by atoms with van der Waals surface area (Å²) in [5.74, 6) is -2.84. The Morgan fingerprint density at radius 3 is 1.30 bits per heavy atom. The van der Waals surface area contributed by atoms with Crippen molar-refractivity contribution in [2.45, 2.75) is 158 Å². The van der Waals surface area contributed by atoms with Gasteiger partial charge in [0.2, 0.25) is 17.7 Å². The smallest absolute Gasteiger partial charge is 0.217 e. The molecule has 0 saturated carbocycles. The van der Waals surface area contributed by atoms with Crippen LogP contribution in [0.1, 0.15) is 41.0 Å². The third kappa shape index (κ3) is 9.82. The Morgan fingerprint density at radius 1 is 0.519 bits per heavy atom. The molecule has 22 heteroatoms. The van der Waals surface area contributed by atoms with Crippen LogP contribution >= 0.6 is 0 Å². The minimum absolute atomic E-state index is 0.194. The van der Waals surface area contributed by atoms with Gasteiger partial charge in [-0.3, -0.25) is 14.4 Å². The molecule has 20 atom stereocenters.